The van der Waals surface area contributed by atoms with Crippen molar-refractivity contribution in [1.29, 1.82) is 0 Å². The van der Waals surface area contributed by atoms with E-state index in [4.69, 9.17) is 0 Å². The Kier molecular flexibility index (Phi) is 2.96. The lowest BCUT2D eigenvalue weighted by Gasteiger charge is -2.10. The molecular formula is C17H14N4O. The maximum atomic E-state index is 11.9. The number of H-pyrrole nitrogens is 1. The first-order chi connectivity index (χ1) is 10.8. The van der Waals surface area contributed by atoms with Crippen molar-refractivity contribution < 1.29 is 4.79 Å². The summed E-state index contributed by atoms with van der Waals surface area (Å²) >= 11 is 0. The Morgan fingerprint density at radius 3 is 2.77 bits per heavy atom. The van der Waals surface area contributed by atoms with Crippen LogP contribution in [0.15, 0.2) is 48.7 Å². The van der Waals surface area contributed by atoms with E-state index in [0.29, 0.717) is 17.9 Å². The number of nitrogens with one attached hydrogen (secondary N) is 2. The summed E-state index contributed by atoms with van der Waals surface area (Å²) in [6, 6.07) is 13.6. The topological polar surface area (TPSA) is 70.7 Å². The van der Waals surface area contributed by atoms with E-state index in [-0.39, 0.29) is 5.91 Å². The van der Waals surface area contributed by atoms with Gasteiger partial charge in [-0.05, 0) is 12.1 Å². The van der Waals surface area contributed by atoms with Gasteiger partial charge in [-0.15, -0.1) is 0 Å². The van der Waals surface area contributed by atoms with Crippen LogP contribution in [0.2, 0.25) is 0 Å². The van der Waals surface area contributed by atoms with Crippen LogP contribution in [-0.2, 0) is 6.42 Å². The van der Waals surface area contributed by atoms with E-state index < -0.39 is 0 Å². The molecule has 0 saturated heterocycles. The largest absolute Gasteiger partial charge is 0.356 e. The number of amides is 1. The van der Waals surface area contributed by atoms with Gasteiger partial charge in [0, 0.05) is 30.4 Å². The zero-order valence-electron chi connectivity index (χ0n) is 11.8. The van der Waals surface area contributed by atoms with Crippen molar-refractivity contribution in [1.82, 2.24) is 20.3 Å². The molecule has 0 radical (unpaired) electrons. The van der Waals surface area contributed by atoms with Crippen molar-refractivity contribution in [2.24, 2.45) is 0 Å². The van der Waals surface area contributed by atoms with Crippen molar-refractivity contribution in [2.45, 2.75) is 6.42 Å². The van der Waals surface area contributed by atoms with Gasteiger partial charge < -0.3 is 10.3 Å². The Bertz CT molecular complexity index is 839. The number of hydrogen-bond acceptors (Lipinski definition) is 3. The highest BCUT2D eigenvalue weighted by Crippen LogP contribution is 2.24. The Labute approximate surface area is 127 Å². The molecule has 108 valence electrons. The molecule has 0 fully saturated rings. The van der Waals surface area contributed by atoms with E-state index in [2.05, 4.69) is 20.3 Å². The Balaban J connectivity index is 1.76. The van der Waals surface area contributed by atoms with Crippen LogP contribution in [0.1, 0.15) is 16.1 Å². The number of benzene rings is 1. The molecular weight excluding hydrogens is 276 g/mol. The average Bonchev–Trinajstić information content (AvgIpc) is 3.02. The SMILES string of the molecule is O=C1NCCc2[nH]c(-c3ccnc(-c4ccccc4)n3)cc21. The molecule has 1 aromatic carbocycles. The van der Waals surface area contributed by atoms with Gasteiger partial charge in [0.25, 0.3) is 5.91 Å². The van der Waals surface area contributed by atoms with Crippen molar-refractivity contribution in [3.63, 3.8) is 0 Å². The molecule has 0 saturated carbocycles. The quantitative estimate of drug-likeness (QED) is 0.761. The monoisotopic (exact) mass is 290 g/mol. The highest BCUT2D eigenvalue weighted by Gasteiger charge is 2.20. The molecule has 4 rings (SSSR count). The van der Waals surface area contributed by atoms with Gasteiger partial charge in [0.15, 0.2) is 5.82 Å². The zero-order valence-corrected chi connectivity index (χ0v) is 11.8. The molecule has 2 aromatic heterocycles. The minimum absolute atomic E-state index is 0.0268. The zero-order chi connectivity index (χ0) is 14.9. The van der Waals surface area contributed by atoms with Gasteiger partial charge >= 0.3 is 0 Å². The molecule has 5 nitrogen and oxygen atoms in total. The minimum Gasteiger partial charge on any atom is -0.356 e. The van der Waals surface area contributed by atoms with Crippen LogP contribution in [0.3, 0.4) is 0 Å². The lowest BCUT2D eigenvalue weighted by Crippen LogP contribution is -2.31. The first-order valence-corrected chi connectivity index (χ1v) is 7.20. The first kappa shape index (κ1) is 12.8. The van der Waals surface area contributed by atoms with Crippen molar-refractivity contribution in [3.05, 3.63) is 59.9 Å². The fourth-order valence-corrected chi connectivity index (χ4v) is 2.67. The summed E-state index contributed by atoms with van der Waals surface area (Å²) in [5.74, 6) is 0.649. The van der Waals surface area contributed by atoms with Crippen LogP contribution < -0.4 is 5.32 Å². The van der Waals surface area contributed by atoms with Crippen LogP contribution in [0, 0.1) is 0 Å². The molecule has 0 bridgehead atoms. The number of carbonyl (C=O) groups excluding carboxylic acids is 1. The second-order valence-electron chi connectivity index (χ2n) is 5.21. The highest BCUT2D eigenvalue weighted by molar-refractivity contribution is 5.97. The van der Waals surface area contributed by atoms with E-state index in [1.54, 1.807) is 6.20 Å². The highest BCUT2D eigenvalue weighted by atomic mass is 16.1. The molecule has 1 aliphatic rings. The lowest BCUT2D eigenvalue weighted by atomic mass is 10.1. The fourth-order valence-electron chi connectivity index (χ4n) is 2.67. The Morgan fingerprint density at radius 2 is 1.95 bits per heavy atom. The van der Waals surface area contributed by atoms with Gasteiger partial charge in [0.1, 0.15) is 0 Å². The third kappa shape index (κ3) is 2.16. The fraction of sp³-hybridized carbons (Fsp3) is 0.118. The van der Waals surface area contributed by atoms with E-state index >= 15 is 0 Å². The van der Waals surface area contributed by atoms with Gasteiger partial charge in [0.05, 0.1) is 17.0 Å². The van der Waals surface area contributed by atoms with Crippen molar-refractivity contribution in [3.8, 4) is 22.8 Å². The lowest BCUT2D eigenvalue weighted by molar-refractivity contribution is 0.0946. The predicted octanol–water partition coefficient (Wildman–Crippen LogP) is 2.42. The molecule has 1 amide bonds. The van der Waals surface area contributed by atoms with E-state index in [9.17, 15) is 4.79 Å². The van der Waals surface area contributed by atoms with Gasteiger partial charge in [-0.2, -0.15) is 0 Å². The summed E-state index contributed by atoms with van der Waals surface area (Å²) in [5, 5.41) is 2.85. The maximum absolute atomic E-state index is 11.9. The van der Waals surface area contributed by atoms with Gasteiger partial charge in [-0.3, -0.25) is 4.79 Å². The van der Waals surface area contributed by atoms with Gasteiger partial charge in [0.2, 0.25) is 0 Å². The standard InChI is InChI=1S/C17H14N4O/c22-17-12-10-15(20-13(12)6-9-19-17)14-7-8-18-16(21-14)11-4-2-1-3-5-11/h1-5,7-8,10,20H,6,9H2,(H,19,22). The molecule has 0 spiro atoms. The summed E-state index contributed by atoms with van der Waals surface area (Å²) in [6.45, 7) is 0.671. The smallest absolute Gasteiger partial charge is 0.253 e. The Hall–Kier alpha value is -2.95. The summed E-state index contributed by atoms with van der Waals surface area (Å²) in [6.07, 6.45) is 2.56. The van der Waals surface area contributed by atoms with Crippen LogP contribution >= 0.6 is 0 Å². The molecule has 0 atom stereocenters. The minimum atomic E-state index is -0.0268. The van der Waals surface area contributed by atoms with E-state index in [1.807, 2.05) is 42.5 Å². The molecule has 22 heavy (non-hydrogen) atoms. The third-order valence-electron chi connectivity index (χ3n) is 3.77. The van der Waals surface area contributed by atoms with Crippen LogP contribution in [0.5, 0.6) is 0 Å². The number of aromatic amines is 1. The van der Waals surface area contributed by atoms with E-state index in [1.165, 1.54) is 0 Å². The van der Waals surface area contributed by atoms with E-state index in [0.717, 1.165) is 29.1 Å². The molecule has 0 aliphatic carbocycles. The van der Waals surface area contributed by atoms with Crippen LogP contribution in [-0.4, -0.2) is 27.4 Å². The van der Waals surface area contributed by atoms with Crippen LogP contribution in [0.25, 0.3) is 22.8 Å². The predicted molar refractivity (Wildman–Crippen MR) is 83.3 cm³/mol. The number of carbonyl (C=O) groups is 1. The molecule has 0 unspecified atom stereocenters. The number of rotatable bonds is 2. The maximum Gasteiger partial charge on any atom is 0.253 e. The van der Waals surface area contributed by atoms with Gasteiger partial charge in [-0.25, -0.2) is 9.97 Å². The summed E-state index contributed by atoms with van der Waals surface area (Å²) in [4.78, 5) is 24.1. The van der Waals surface area contributed by atoms with Crippen LogP contribution in [0.4, 0.5) is 0 Å². The second-order valence-corrected chi connectivity index (χ2v) is 5.21. The molecule has 5 heteroatoms. The van der Waals surface area contributed by atoms with Crippen molar-refractivity contribution in [2.75, 3.05) is 6.54 Å². The summed E-state index contributed by atoms with van der Waals surface area (Å²) < 4.78 is 0. The van der Waals surface area contributed by atoms with Crippen molar-refractivity contribution >= 4 is 5.91 Å². The number of hydrogen-bond donors (Lipinski definition) is 2. The normalized spacial score (nSPS) is 13.5. The number of nitrogens with zero attached hydrogens (tertiary/aromatic N) is 2. The Morgan fingerprint density at radius 1 is 1.09 bits per heavy atom. The molecule has 2 N–H and O–H groups in total. The van der Waals surface area contributed by atoms with Gasteiger partial charge in [-0.1, -0.05) is 30.3 Å². The first-order valence-electron chi connectivity index (χ1n) is 7.20. The third-order valence-corrected chi connectivity index (χ3v) is 3.77. The second kappa shape index (κ2) is 5.11. The summed E-state index contributed by atoms with van der Waals surface area (Å²) in [5.41, 5.74) is 4.29. The molecule has 1 aliphatic heterocycles. The molecule has 3 aromatic rings. The summed E-state index contributed by atoms with van der Waals surface area (Å²) in [7, 11) is 0. The number of aromatic nitrogens is 3. The average molecular weight is 290 g/mol. The number of fused-ring (bicyclic) bond motifs is 1. The molecule has 3 heterocycles.